The van der Waals surface area contributed by atoms with Gasteiger partial charge < -0.3 is 18.9 Å². The summed E-state index contributed by atoms with van der Waals surface area (Å²) in [6.07, 6.45) is 5.77. The van der Waals surface area contributed by atoms with Crippen LogP contribution in [0.15, 0.2) is 0 Å². The Morgan fingerprint density at radius 3 is 2.35 bits per heavy atom. The summed E-state index contributed by atoms with van der Waals surface area (Å²) in [6, 6.07) is 0. The molecular formula is C16H24BO6. The van der Waals surface area contributed by atoms with Gasteiger partial charge in [-0.25, -0.2) is 0 Å². The third kappa shape index (κ3) is 5.21. The van der Waals surface area contributed by atoms with Crippen LogP contribution in [0.5, 0.6) is 0 Å². The van der Waals surface area contributed by atoms with Crippen LogP contribution in [0, 0.1) is 11.8 Å². The number of hydrogen-bond acceptors (Lipinski definition) is 6. The van der Waals surface area contributed by atoms with Gasteiger partial charge in [0.15, 0.2) is 0 Å². The van der Waals surface area contributed by atoms with E-state index in [9.17, 15) is 9.59 Å². The van der Waals surface area contributed by atoms with E-state index in [4.69, 9.17) is 18.9 Å². The molecule has 0 amide bonds. The lowest BCUT2D eigenvalue weighted by molar-refractivity contribution is -0.0115. The van der Waals surface area contributed by atoms with Gasteiger partial charge in [-0.05, 0) is 50.9 Å². The molecule has 0 aromatic rings. The largest absolute Gasteiger partial charge is 0.473 e. The molecule has 0 aromatic carbocycles. The van der Waals surface area contributed by atoms with E-state index in [0.717, 1.165) is 39.4 Å². The molecule has 0 N–H and O–H groups in total. The molecular weight excluding hydrogens is 299 g/mol. The van der Waals surface area contributed by atoms with Gasteiger partial charge in [-0.3, -0.25) is 9.59 Å². The first kappa shape index (κ1) is 16.8. The molecule has 3 fully saturated rings. The van der Waals surface area contributed by atoms with Crippen LogP contribution in [-0.4, -0.2) is 57.1 Å². The fourth-order valence-electron chi connectivity index (χ4n) is 3.46. The van der Waals surface area contributed by atoms with Crippen molar-refractivity contribution in [3.05, 3.63) is 0 Å². The summed E-state index contributed by atoms with van der Waals surface area (Å²) in [4.78, 5) is 23.3. The Labute approximate surface area is 137 Å². The first-order valence-corrected chi connectivity index (χ1v) is 8.55. The molecule has 1 radical (unpaired) electrons. The van der Waals surface area contributed by atoms with Crippen molar-refractivity contribution in [3.63, 3.8) is 0 Å². The van der Waals surface area contributed by atoms with Crippen molar-refractivity contribution in [2.24, 2.45) is 11.8 Å². The van der Waals surface area contributed by atoms with Gasteiger partial charge in [0.05, 0.1) is 31.5 Å². The normalized spacial score (nSPS) is 35.8. The molecule has 127 valence electrons. The third-order valence-electron chi connectivity index (χ3n) is 4.86. The van der Waals surface area contributed by atoms with Gasteiger partial charge in [0.1, 0.15) is 0 Å². The fourth-order valence-corrected chi connectivity index (χ4v) is 3.46. The first-order chi connectivity index (χ1) is 11.1. The van der Waals surface area contributed by atoms with Gasteiger partial charge in [-0.1, -0.05) is 0 Å². The van der Waals surface area contributed by atoms with E-state index in [1.165, 1.54) is 0 Å². The SMILES string of the molecule is CC1CC(COC(=O)[B]C(=O)OCC2CCC3OC3C2)CCO1. The predicted octanol–water partition coefficient (Wildman–Crippen LogP) is 2.35. The molecule has 1 aliphatic carbocycles. The standard InChI is InChI=1S/C16H24BO6/c1-10-6-12(4-5-20-10)9-22-16(19)17-15(18)21-8-11-2-3-13-14(7-11)23-13/h10-14H,2-9H2,1H3. The first-order valence-electron chi connectivity index (χ1n) is 8.55. The average Bonchev–Trinajstić information content (AvgIpc) is 3.30. The molecule has 2 saturated heterocycles. The number of ether oxygens (including phenoxy) is 4. The summed E-state index contributed by atoms with van der Waals surface area (Å²) in [6.45, 7) is 3.39. The predicted molar refractivity (Wildman–Crippen MR) is 82.6 cm³/mol. The van der Waals surface area contributed by atoms with E-state index in [0.29, 0.717) is 43.9 Å². The monoisotopic (exact) mass is 323 g/mol. The van der Waals surface area contributed by atoms with Gasteiger partial charge >= 0.3 is 7.28 Å². The Bertz CT molecular complexity index is 422. The topological polar surface area (TPSA) is 74.4 Å². The average molecular weight is 323 g/mol. The Hall–Kier alpha value is -1.08. The summed E-state index contributed by atoms with van der Waals surface area (Å²) >= 11 is 0. The maximum absolute atomic E-state index is 11.7. The van der Waals surface area contributed by atoms with E-state index in [-0.39, 0.29) is 6.10 Å². The zero-order chi connectivity index (χ0) is 16.2. The zero-order valence-corrected chi connectivity index (χ0v) is 13.6. The quantitative estimate of drug-likeness (QED) is 0.552. The van der Waals surface area contributed by atoms with Crippen molar-refractivity contribution in [1.82, 2.24) is 0 Å². The minimum atomic E-state index is -0.622. The summed E-state index contributed by atoms with van der Waals surface area (Å²) in [5.41, 5.74) is 0. The minimum absolute atomic E-state index is 0.201. The molecule has 0 aromatic heterocycles. The van der Waals surface area contributed by atoms with Gasteiger partial charge in [-0.2, -0.15) is 0 Å². The van der Waals surface area contributed by atoms with Crippen molar-refractivity contribution in [1.29, 1.82) is 0 Å². The summed E-state index contributed by atoms with van der Waals surface area (Å²) in [5.74, 6) is -0.589. The Morgan fingerprint density at radius 2 is 1.70 bits per heavy atom. The van der Waals surface area contributed by atoms with Crippen LogP contribution in [0.3, 0.4) is 0 Å². The second kappa shape index (κ2) is 7.66. The lowest BCUT2D eigenvalue weighted by Crippen LogP contribution is -2.30. The number of fused-ring (bicyclic) bond motifs is 1. The molecule has 3 aliphatic rings. The maximum Gasteiger partial charge on any atom is 0.405 e. The highest BCUT2D eigenvalue weighted by Gasteiger charge is 2.44. The van der Waals surface area contributed by atoms with Crippen molar-refractivity contribution in [2.45, 2.75) is 57.3 Å². The highest BCUT2D eigenvalue weighted by atomic mass is 16.6. The molecule has 0 bridgehead atoms. The van der Waals surface area contributed by atoms with Gasteiger partial charge in [-0.15, -0.1) is 0 Å². The van der Waals surface area contributed by atoms with Crippen LogP contribution in [0.1, 0.15) is 39.0 Å². The van der Waals surface area contributed by atoms with Crippen LogP contribution in [-0.2, 0) is 18.9 Å². The van der Waals surface area contributed by atoms with Gasteiger partial charge in [0, 0.05) is 6.61 Å². The Morgan fingerprint density at radius 1 is 1.00 bits per heavy atom. The summed E-state index contributed by atoms with van der Waals surface area (Å²) < 4.78 is 21.2. The van der Waals surface area contributed by atoms with E-state index >= 15 is 0 Å². The number of carbonyl (C=O) groups excluding carboxylic acids is 2. The highest BCUT2D eigenvalue weighted by Crippen LogP contribution is 2.39. The molecule has 2 aliphatic heterocycles. The van der Waals surface area contributed by atoms with E-state index in [1.807, 2.05) is 6.92 Å². The van der Waals surface area contributed by atoms with Crippen molar-refractivity contribution >= 4 is 19.0 Å². The Balaban J connectivity index is 1.27. The summed E-state index contributed by atoms with van der Waals surface area (Å²) in [5, 5.41) is 0. The molecule has 2 heterocycles. The van der Waals surface area contributed by atoms with E-state index < -0.39 is 11.7 Å². The van der Waals surface area contributed by atoms with Crippen molar-refractivity contribution in [2.75, 3.05) is 19.8 Å². The van der Waals surface area contributed by atoms with Gasteiger partial charge in [0.25, 0.3) is 11.7 Å². The fraction of sp³-hybridized carbons (Fsp3) is 0.875. The molecule has 1 saturated carbocycles. The molecule has 23 heavy (non-hydrogen) atoms. The molecule has 5 unspecified atom stereocenters. The van der Waals surface area contributed by atoms with Crippen LogP contribution < -0.4 is 0 Å². The number of rotatable bonds is 6. The van der Waals surface area contributed by atoms with Crippen molar-refractivity contribution < 1.29 is 28.5 Å². The number of carbonyl (C=O) groups is 2. The summed E-state index contributed by atoms with van der Waals surface area (Å²) in [7, 11) is 0.905. The molecule has 0 spiro atoms. The lowest BCUT2D eigenvalue weighted by Gasteiger charge is -2.26. The zero-order valence-electron chi connectivity index (χ0n) is 13.6. The second-order valence-corrected chi connectivity index (χ2v) is 6.87. The van der Waals surface area contributed by atoms with Gasteiger partial charge in [0.2, 0.25) is 0 Å². The van der Waals surface area contributed by atoms with E-state index in [2.05, 4.69) is 0 Å². The number of epoxide rings is 1. The third-order valence-corrected chi connectivity index (χ3v) is 4.86. The lowest BCUT2D eigenvalue weighted by atomic mass is 9.79. The maximum atomic E-state index is 11.7. The van der Waals surface area contributed by atoms with E-state index in [1.54, 1.807) is 0 Å². The highest BCUT2D eigenvalue weighted by molar-refractivity contribution is 6.94. The minimum Gasteiger partial charge on any atom is -0.473 e. The molecule has 3 rings (SSSR count). The van der Waals surface area contributed by atoms with Crippen molar-refractivity contribution in [3.8, 4) is 0 Å². The number of hydrogen-bond donors (Lipinski definition) is 0. The molecule has 5 atom stereocenters. The van der Waals surface area contributed by atoms with Crippen LogP contribution in [0.25, 0.3) is 0 Å². The second-order valence-electron chi connectivity index (χ2n) is 6.87. The molecule has 7 heteroatoms. The van der Waals surface area contributed by atoms with Crippen LogP contribution in [0.4, 0.5) is 9.59 Å². The smallest absolute Gasteiger partial charge is 0.405 e. The van der Waals surface area contributed by atoms with Crippen LogP contribution >= 0.6 is 0 Å². The van der Waals surface area contributed by atoms with Crippen LogP contribution in [0.2, 0.25) is 0 Å². The molecule has 6 nitrogen and oxygen atoms in total. The Kier molecular flexibility index (Phi) is 5.59.